The van der Waals surface area contributed by atoms with Gasteiger partial charge in [0.05, 0.1) is 18.1 Å². The molecule has 4 fully saturated rings. The Hall–Kier alpha value is -1.46. The average molecular weight is 387 g/mol. The molecule has 2 saturated heterocycles. The number of hydrogen-bond acceptors (Lipinski definition) is 4. The molecule has 152 valence electrons. The highest BCUT2D eigenvalue weighted by molar-refractivity contribution is 5.75. The van der Waals surface area contributed by atoms with Crippen LogP contribution in [0.1, 0.15) is 44.6 Å². The number of epoxide rings is 1. The first-order chi connectivity index (χ1) is 13.5. The van der Waals surface area contributed by atoms with Gasteiger partial charge in [0.25, 0.3) is 0 Å². The Kier molecular flexibility index (Phi) is 4.51. The zero-order valence-electron chi connectivity index (χ0n) is 16.6. The Balaban J connectivity index is 1.20. The monoisotopic (exact) mass is 387 g/mol. The maximum absolute atomic E-state index is 13.0. The molecule has 2 heterocycles. The number of ether oxygens (including phenoxy) is 2. The number of halogens is 1. The maximum Gasteiger partial charge on any atom is 0.310 e. The highest BCUT2D eigenvalue weighted by Crippen LogP contribution is 2.62. The van der Waals surface area contributed by atoms with Crippen LogP contribution in [0.4, 0.5) is 4.39 Å². The van der Waals surface area contributed by atoms with Crippen molar-refractivity contribution in [3.8, 4) is 0 Å². The number of carbonyl (C=O) groups is 1. The lowest BCUT2D eigenvalue weighted by atomic mass is 9.53. The van der Waals surface area contributed by atoms with Gasteiger partial charge in [-0.25, -0.2) is 4.39 Å². The van der Waals surface area contributed by atoms with Crippen molar-refractivity contribution in [3.05, 3.63) is 35.6 Å². The van der Waals surface area contributed by atoms with E-state index in [0.717, 1.165) is 38.0 Å². The van der Waals surface area contributed by atoms with Crippen molar-refractivity contribution in [3.63, 3.8) is 0 Å². The molecule has 0 radical (unpaired) electrons. The van der Waals surface area contributed by atoms with Crippen LogP contribution < -0.4 is 5.32 Å². The maximum atomic E-state index is 13.0. The van der Waals surface area contributed by atoms with Crippen LogP contribution in [-0.2, 0) is 20.7 Å². The molecule has 0 bridgehead atoms. The molecule has 2 aliphatic carbocycles. The predicted octanol–water partition coefficient (Wildman–Crippen LogP) is 3.48. The molecule has 4 aliphatic rings. The third kappa shape index (κ3) is 3.17. The number of fused-ring (bicyclic) bond motifs is 3. The standard InChI is InChI=1S/C23H30FNO3/c1-22-8-2-9-23(14-27-23)20(22)11-17-18(21(26)28-19(17)12-22)13-25-10-7-15-3-5-16(24)6-4-15/h3-6,17-20,25H,2,7-14H2,1H3/t17-,18+,19+,20-,22+,23-/m0/s1. The Morgan fingerprint density at radius 1 is 1.25 bits per heavy atom. The summed E-state index contributed by atoms with van der Waals surface area (Å²) in [6, 6.07) is 6.62. The van der Waals surface area contributed by atoms with Gasteiger partial charge in [-0.15, -0.1) is 0 Å². The summed E-state index contributed by atoms with van der Waals surface area (Å²) in [4.78, 5) is 12.6. The van der Waals surface area contributed by atoms with Crippen LogP contribution >= 0.6 is 0 Å². The van der Waals surface area contributed by atoms with Gasteiger partial charge >= 0.3 is 5.97 Å². The zero-order valence-corrected chi connectivity index (χ0v) is 16.6. The lowest BCUT2D eigenvalue weighted by Crippen LogP contribution is -2.51. The van der Waals surface area contributed by atoms with Gasteiger partial charge in [0.1, 0.15) is 11.9 Å². The molecule has 6 atom stereocenters. The molecule has 0 unspecified atom stereocenters. The number of hydrogen-bond donors (Lipinski definition) is 1. The van der Waals surface area contributed by atoms with E-state index in [1.165, 1.54) is 31.4 Å². The van der Waals surface area contributed by atoms with E-state index in [4.69, 9.17) is 9.47 Å². The summed E-state index contributed by atoms with van der Waals surface area (Å²) in [5.74, 6) is 0.577. The van der Waals surface area contributed by atoms with Crippen molar-refractivity contribution in [2.24, 2.45) is 23.2 Å². The number of rotatable bonds is 5. The van der Waals surface area contributed by atoms with Gasteiger partial charge in [0.2, 0.25) is 0 Å². The van der Waals surface area contributed by atoms with Gasteiger partial charge in [0, 0.05) is 12.5 Å². The summed E-state index contributed by atoms with van der Waals surface area (Å²) in [6.45, 7) is 4.73. The van der Waals surface area contributed by atoms with Crippen LogP contribution in [0.25, 0.3) is 0 Å². The third-order valence-corrected chi connectivity index (χ3v) is 7.95. The van der Waals surface area contributed by atoms with E-state index in [1.807, 2.05) is 12.1 Å². The summed E-state index contributed by atoms with van der Waals surface area (Å²) in [5, 5.41) is 3.45. The fourth-order valence-electron chi connectivity index (χ4n) is 6.33. The molecule has 2 aliphatic heterocycles. The topological polar surface area (TPSA) is 50.9 Å². The van der Waals surface area contributed by atoms with E-state index in [9.17, 15) is 9.18 Å². The Morgan fingerprint density at radius 2 is 2.04 bits per heavy atom. The second-order valence-electron chi connectivity index (χ2n) is 9.68. The molecule has 5 rings (SSSR count). The minimum Gasteiger partial charge on any atom is -0.462 e. The Bertz CT molecular complexity index is 747. The van der Waals surface area contributed by atoms with Crippen LogP contribution in [0.3, 0.4) is 0 Å². The van der Waals surface area contributed by atoms with Gasteiger partial charge in [-0.2, -0.15) is 0 Å². The molecule has 4 nitrogen and oxygen atoms in total. The van der Waals surface area contributed by atoms with Crippen molar-refractivity contribution >= 4 is 5.97 Å². The van der Waals surface area contributed by atoms with Gasteiger partial charge in [0.15, 0.2) is 0 Å². The number of carbonyl (C=O) groups excluding carboxylic acids is 1. The van der Waals surface area contributed by atoms with Crippen molar-refractivity contribution < 1.29 is 18.7 Å². The smallest absolute Gasteiger partial charge is 0.310 e. The molecular formula is C23H30FNO3. The van der Waals surface area contributed by atoms with Crippen molar-refractivity contribution in [1.29, 1.82) is 0 Å². The second-order valence-corrected chi connectivity index (χ2v) is 9.68. The summed E-state index contributed by atoms with van der Waals surface area (Å²) >= 11 is 0. The van der Waals surface area contributed by atoms with Crippen LogP contribution in [0.2, 0.25) is 0 Å². The molecular weight excluding hydrogens is 357 g/mol. The van der Waals surface area contributed by atoms with E-state index in [1.54, 1.807) is 0 Å². The predicted molar refractivity (Wildman–Crippen MR) is 103 cm³/mol. The first-order valence-corrected chi connectivity index (χ1v) is 10.8. The molecule has 0 aromatic heterocycles. The third-order valence-electron chi connectivity index (χ3n) is 7.95. The quantitative estimate of drug-likeness (QED) is 0.477. The van der Waals surface area contributed by atoms with Gasteiger partial charge in [-0.3, -0.25) is 4.79 Å². The molecule has 1 spiro atoms. The highest BCUT2D eigenvalue weighted by atomic mass is 19.1. The van der Waals surface area contributed by atoms with E-state index >= 15 is 0 Å². The number of esters is 1. The van der Waals surface area contributed by atoms with Crippen LogP contribution in [0.5, 0.6) is 0 Å². The van der Waals surface area contributed by atoms with Crippen molar-refractivity contribution in [1.82, 2.24) is 5.32 Å². The zero-order chi connectivity index (χ0) is 19.4. The summed E-state index contributed by atoms with van der Waals surface area (Å²) in [5.41, 5.74) is 1.45. The number of benzene rings is 1. The summed E-state index contributed by atoms with van der Waals surface area (Å²) < 4.78 is 24.8. The van der Waals surface area contributed by atoms with Gasteiger partial charge in [-0.05, 0) is 74.1 Å². The highest BCUT2D eigenvalue weighted by Gasteiger charge is 2.64. The minimum atomic E-state index is -0.208. The number of nitrogens with one attached hydrogen (secondary N) is 1. The molecule has 1 N–H and O–H groups in total. The van der Waals surface area contributed by atoms with Gasteiger partial charge in [-0.1, -0.05) is 19.1 Å². The van der Waals surface area contributed by atoms with E-state index in [0.29, 0.717) is 18.4 Å². The van der Waals surface area contributed by atoms with Gasteiger partial charge < -0.3 is 14.8 Å². The van der Waals surface area contributed by atoms with Crippen LogP contribution in [0, 0.1) is 29.0 Å². The molecule has 28 heavy (non-hydrogen) atoms. The SMILES string of the molecule is C[C@]12CCC[C@]3(CO3)[C@H]1C[C@@H]1[C@@H](C2)OC(=O)[C@@H]1CNCCc1ccc(F)cc1. The lowest BCUT2D eigenvalue weighted by Gasteiger charge is -2.51. The molecule has 5 heteroatoms. The molecule has 0 amide bonds. The molecule has 1 aromatic carbocycles. The fraction of sp³-hybridized carbons (Fsp3) is 0.696. The minimum absolute atomic E-state index is 0.0303. The molecule has 2 saturated carbocycles. The fourth-order valence-corrected chi connectivity index (χ4v) is 6.33. The first-order valence-electron chi connectivity index (χ1n) is 10.8. The van der Waals surface area contributed by atoms with E-state index < -0.39 is 0 Å². The van der Waals surface area contributed by atoms with Crippen molar-refractivity contribution in [2.45, 2.75) is 57.2 Å². The van der Waals surface area contributed by atoms with Crippen LogP contribution in [-0.4, -0.2) is 37.4 Å². The van der Waals surface area contributed by atoms with E-state index in [-0.39, 0.29) is 34.8 Å². The average Bonchev–Trinajstić information content (AvgIpc) is 3.36. The van der Waals surface area contributed by atoms with Crippen molar-refractivity contribution in [2.75, 3.05) is 19.7 Å². The largest absolute Gasteiger partial charge is 0.462 e. The second kappa shape index (κ2) is 6.81. The van der Waals surface area contributed by atoms with E-state index in [2.05, 4.69) is 12.2 Å². The Morgan fingerprint density at radius 3 is 2.79 bits per heavy atom. The lowest BCUT2D eigenvalue weighted by molar-refractivity contribution is -0.147. The molecule has 1 aromatic rings. The summed E-state index contributed by atoms with van der Waals surface area (Å²) in [7, 11) is 0. The first kappa shape index (κ1) is 18.6. The van der Waals surface area contributed by atoms with Crippen LogP contribution in [0.15, 0.2) is 24.3 Å². The summed E-state index contributed by atoms with van der Waals surface area (Å²) in [6.07, 6.45) is 6.58. The Labute approximate surface area is 166 Å². The normalized spacial score (nSPS) is 41.4.